The molecule has 3 aromatic rings. The Bertz CT molecular complexity index is 924. The van der Waals surface area contributed by atoms with E-state index in [2.05, 4.69) is 39.9 Å². The van der Waals surface area contributed by atoms with Crippen molar-refractivity contribution in [3.8, 4) is 11.1 Å². The number of carbonyl (C=O) groups excluding carboxylic acids is 1. The summed E-state index contributed by atoms with van der Waals surface area (Å²) in [7, 11) is 0. The van der Waals surface area contributed by atoms with E-state index >= 15 is 0 Å². The fraction of sp³-hybridized carbons (Fsp3) is 0.321. The van der Waals surface area contributed by atoms with E-state index in [-0.39, 0.29) is 60.4 Å². The molecule has 0 spiro atoms. The number of nitrogens with one attached hydrogen (secondary N) is 2. The molecule has 1 heterocycles. The minimum absolute atomic E-state index is 0. The summed E-state index contributed by atoms with van der Waals surface area (Å²) in [5.41, 5.74) is 4.11. The van der Waals surface area contributed by atoms with Gasteiger partial charge in [0.15, 0.2) is 0 Å². The molecule has 1 fully saturated rings. The van der Waals surface area contributed by atoms with Crippen LogP contribution in [0.3, 0.4) is 0 Å². The van der Waals surface area contributed by atoms with Crippen LogP contribution in [0, 0.1) is 7.43 Å². The van der Waals surface area contributed by atoms with E-state index in [1.54, 1.807) is 12.4 Å². The first-order valence-corrected chi connectivity index (χ1v) is 11.4. The van der Waals surface area contributed by atoms with Gasteiger partial charge in [-0.1, -0.05) is 81.6 Å². The summed E-state index contributed by atoms with van der Waals surface area (Å²) in [6.45, 7) is 4.00. The normalized spacial score (nSPS) is 13.4. The Morgan fingerprint density at radius 3 is 2.12 bits per heavy atom. The number of aromatic nitrogens is 1. The van der Waals surface area contributed by atoms with E-state index < -0.39 is 6.04 Å². The van der Waals surface area contributed by atoms with Gasteiger partial charge < -0.3 is 18.1 Å². The number of nitrogens with zero attached hydrogens (tertiary/aromatic N) is 1. The average Bonchev–Trinajstić information content (AvgIpc) is 2.86. The number of hydrogen-bond donors (Lipinski definition) is 2. The van der Waals surface area contributed by atoms with E-state index in [4.69, 9.17) is 0 Å². The Morgan fingerprint density at radius 2 is 1.53 bits per heavy atom. The Labute approximate surface area is 233 Å². The van der Waals surface area contributed by atoms with Crippen molar-refractivity contribution in [2.45, 2.75) is 58.0 Å². The van der Waals surface area contributed by atoms with E-state index in [1.165, 1.54) is 24.8 Å². The molecule has 2 aromatic carbocycles. The summed E-state index contributed by atoms with van der Waals surface area (Å²) in [6.07, 6.45) is 9.28. The molecule has 1 saturated carbocycles. The summed E-state index contributed by atoms with van der Waals surface area (Å²) >= 11 is 0. The summed E-state index contributed by atoms with van der Waals surface area (Å²) in [4.78, 5) is 17.3. The van der Waals surface area contributed by atoms with Gasteiger partial charge in [0.2, 0.25) is 5.91 Å². The maximum atomic E-state index is 13.1. The second-order valence-electron chi connectivity index (χ2n) is 7.65. The van der Waals surface area contributed by atoms with Gasteiger partial charge in [-0.15, -0.1) is 0 Å². The van der Waals surface area contributed by atoms with Crippen molar-refractivity contribution >= 4 is 11.6 Å². The van der Waals surface area contributed by atoms with E-state index in [0.29, 0.717) is 0 Å². The van der Waals surface area contributed by atoms with Crippen LogP contribution in [0.4, 0.5) is 5.69 Å². The van der Waals surface area contributed by atoms with Gasteiger partial charge in [0.1, 0.15) is 6.04 Å². The zero-order valence-electron chi connectivity index (χ0n) is 20.4. The second-order valence-corrected chi connectivity index (χ2v) is 7.65. The standard InChI is InChI=1S/C25H27N3O.C2H6.CH3.V.W.H2/c29-25(28-22-11-5-2-6-12-22)24(21-10-7-17-26-18-21)27-23-15-13-20(14-16-23)19-8-3-1-4-9-19;1-2;;;;/h1,3-4,7-10,13-18,22,24,27H,2,5-6,11-12H2,(H,28,29);1-2H3;1H3;;;1H/q;;-1;;;. The molecule has 0 aliphatic heterocycles. The molecule has 1 amide bonds. The summed E-state index contributed by atoms with van der Waals surface area (Å²) < 4.78 is 0. The van der Waals surface area contributed by atoms with Gasteiger partial charge in [-0.25, -0.2) is 0 Å². The van der Waals surface area contributed by atoms with Gasteiger partial charge in [0.05, 0.1) is 0 Å². The van der Waals surface area contributed by atoms with E-state index in [1.807, 2.05) is 56.3 Å². The maximum absolute atomic E-state index is 13.1. The predicted molar refractivity (Wildman–Crippen MR) is 137 cm³/mol. The number of rotatable bonds is 6. The van der Waals surface area contributed by atoms with Crippen LogP contribution in [0.15, 0.2) is 79.1 Å². The van der Waals surface area contributed by atoms with Gasteiger partial charge in [-0.05, 0) is 42.2 Å². The molecule has 183 valence electrons. The van der Waals surface area contributed by atoms with Crippen molar-refractivity contribution in [3.63, 3.8) is 0 Å². The van der Waals surface area contributed by atoms with Crippen LogP contribution in [0.5, 0.6) is 0 Å². The van der Waals surface area contributed by atoms with Gasteiger partial charge >= 0.3 is 0 Å². The molecular weight excluding hydrogens is 629 g/mol. The van der Waals surface area contributed by atoms with E-state index in [9.17, 15) is 4.79 Å². The minimum atomic E-state index is -0.465. The molecule has 1 aromatic heterocycles. The molecule has 4 rings (SSSR count). The molecule has 1 atom stereocenters. The van der Waals surface area contributed by atoms with Crippen LogP contribution >= 0.6 is 0 Å². The minimum Gasteiger partial charge on any atom is -0.370 e. The quantitative estimate of drug-likeness (QED) is 0.277. The van der Waals surface area contributed by atoms with Crippen molar-refractivity contribution in [1.29, 1.82) is 0 Å². The van der Waals surface area contributed by atoms with Crippen LogP contribution < -0.4 is 10.6 Å². The molecule has 1 radical (unpaired) electrons. The third-order valence-electron chi connectivity index (χ3n) is 5.53. The van der Waals surface area contributed by atoms with Crippen LogP contribution in [-0.4, -0.2) is 16.9 Å². The number of carbonyl (C=O) groups is 1. The smallest absolute Gasteiger partial charge is 0.247 e. The number of hydrogen-bond acceptors (Lipinski definition) is 3. The molecule has 34 heavy (non-hydrogen) atoms. The Kier molecular flexibility index (Phi) is 16.6. The van der Waals surface area contributed by atoms with Gasteiger partial charge in [-0.3, -0.25) is 9.78 Å². The van der Waals surface area contributed by atoms with Crippen molar-refractivity contribution < 1.29 is 45.8 Å². The Morgan fingerprint density at radius 1 is 0.912 bits per heavy atom. The third kappa shape index (κ3) is 9.41. The Hall–Kier alpha value is -1.87. The molecule has 1 aliphatic carbocycles. The molecule has 0 bridgehead atoms. The topological polar surface area (TPSA) is 54.0 Å². The number of pyridine rings is 1. The van der Waals surface area contributed by atoms with Crippen LogP contribution in [0.25, 0.3) is 11.1 Å². The molecule has 1 unspecified atom stereocenters. The third-order valence-corrected chi connectivity index (χ3v) is 5.53. The van der Waals surface area contributed by atoms with Gasteiger partial charge in [-0.2, -0.15) is 0 Å². The van der Waals surface area contributed by atoms with Crippen LogP contribution in [0.1, 0.15) is 59.0 Å². The molecule has 6 heteroatoms. The zero-order chi connectivity index (χ0) is 21.9. The first-order chi connectivity index (χ1) is 15.3. The monoisotopic (exact) mass is 667 g/mol. The Balaban J connectivity index is 0. The molecule has 0 saturated heterocycles. The fourth-order valence-electron chi connectivity index (χ4n) is 3.93. The summed E-state index contributed by atoms with van der Waals surface area (Å²) in [6, 6.07) is 22.1. The van der Waals surface area contributed by atoms with E-state index in [0.717, 1.165) is 29.7 Å². The van der Waals surface area contributed by atoms with Crippen LogP contribution in [-0.2, 0) is 44.4 Å². The molecule has 1 aliphatic rings. The van der Waals surface area contributed by atoms with Crippen molar-refractivity contribution in [3.05, 3.63) is 92.1 Å². The van der Waals surface area contributed by atoms with Gasteiger partial charge in [0, 0.05) is 70.7 Å². The predicted octanol–water partition coefficient (Wildman–Crippen LogP) is 7.07. The average molecular weight is 667 g/mol. The number of anilines is 1. The summed E-state index contributed by atoms with van der Waals surface area (Å²) in [5, 5.41) is 6.66. The first-order valence-electron chi connectivity index (χ1n) is 11.4. The van der Waals surface area contributed by atoms with Crippen molar-refractivity contribution in [1.82, 2.24) is 10.3 Å². The molecular formula is C28H38N3OVW-. The SMILES string of the molecule is CC.O=C(NC1CCCCC1)C(Nc1ccc(-c2ccccc2)cc1)c1cccnc1.[CH3-].[HH].[V].[W]. The summed E-state index contributed by atoms with van der Waals surface area (Å²) in [5.74, 6) is 0.0111. The van der Waals surface area contributed by atoms with Crippen molar-refractivity contribution in [2.24, 2.45) is 0 Å². The van der Waals surface area contributed by atoms with Crippen LogP contribution in [0.2, 0.25) is 0 Å². The number of amides is 1. The largest absolute Gasteiger partial charge is 0.370 e. The fourth-order valence-corrected chi connectivity index (χ4v) is 3.93. The number of benzene rings is 2. The first kappa shape index (κ1) is 32.1. The molecule has 4 nitrogen and oxygen atoms in total. The second kappa shape index (κ2) is 17.6. The van der Waals surface area contributed by atoms with Gasteiger partial charge in [0.25, 0.3) is 0 Å². The molecule has 2 N–H and O–H groups in total. The van der Waals surface area contributed by atoms with Crippen molar-refractivity contribution in [2.75, 3.05) is 5.32 Å². The zero-order valence-corrected chi connectivity index (χ0v) is 24.7. The maximum Gasteiger partial charge on any atom is 0.247 e.